The SMILES string of the molecule is COc1ccc(C(C)CCC#N)cc1Br. The molecule has 1 aromatic rings. The van der Waals surface area contributed by atoms with Crippen LogP contribution in [-0.4, -0.2) is 7.11 Å². The molecule has 0 aliphatic heterocycles. The molecule has 1 atom stereocenters. The topological polar surface area (TPSA) is 33.0 Å². The van der Waals surface area contributed by atoms with Crippen LogP contribution in [0, 0.1) is 11.3 Å². The summed E-state index contributed by atoms with van der Waals surface area (Å²) in [5.41, 5.74) is 1.23. The quantitative estimate of drug-likeness (QED) is 0.830. The molecule has 0 radical (unpaired) electrons. The second kappa shape index (κ2) is 5.77. The van der Waals surface area contributed by atoms with Gasteiger partial charge in [-0.15, -0.1) is 0 Å². The summed E-state index contributed by atoms with van der Waals surface area (Å²) in [6.45, 7) is 2.13. The molecule has 1 rings (SSSR count). The Morgan fingerprint density at radius 1 is 1.53 bits per heavy atom. The normalized spacial score (nSPS) is 11.9. The van der Waals surface area contributed by atoms with E-state index in [1.54, 1.807) is 7.11 Å². The van der Waals surface area contributed by atoms with Crippen molar-refractivity contribution in [3.05, 3.63) is 28.2 Å². The molecule has 0 heterocycles. The molecule has 3 heteroatoms. The standard InChI is InChI=1S/C12H14BrNO/c1-9(4-3-7-14)10-5-6-12(15-2)11(13)8-10/h5-6,8-9H,3-4H2,1-2H3. The van der Waals surface area contributed by atoms with Crippen molar-refractivity contribution in [3.63, 3.8) is 0 Å². The lowest BCUT2D eigenvalue weighted by molar-refractivity contribution is 0.412. The zero-order valence-electron chi connectivity index (χ0n) is 8.96. The predicted octanol–water partition coefficient (Wildman–Crippen LogP) is 3.86. The van der Waals surface area contributed by atoms with Gasteiger partial charge in [-0.2, -0.15) is 5.26 Å². The summed E-state index contributed by atoms with van der Waals surface area (Å²) >= 11 is 3.45. The van der Waals surface area contributed by atoms with E-state index in [1.165, 1.54) is 5.56 Å². The molecule has 0 saturated carbocycles. The van der Waals surface area contributed by atoms with Crippen molar-refractivity contribution >= 4 is 15.9 Å². The minimum Gasteiger partial charge on any atom is -0.496 e. The maximum atomic E-state index is 8.52. The summed E-state index contributed by atoms with van der Waals surface area (Å²) in [5, 5.41) is 8.52. The van der Waals surface area contributed by atoms with Gasteiger partial charge in [0, 0.05) is 6.42 Å². The first kappa shape index (κ1) is 12.1. The molecular formula is C12H14BrNO. The van der Waals surface area contributed by atoms with Crippen LogP contribution in [0.2, 0.25) is 0 Å². The first-order valence-corrected chi connectivity index (χ1v) is 5.68. The lowest BCUT2D eigenvalue weighted by Crippen LogP contribution is -1.94. The number of nitriles is 1. The summed E-state index contributed by atoms with van der Waals surface area (Å²) in [6.07, 6.45) is 1.50. The number of ether oxygens (including phenoxy) is 1. The zero-order valence-corrected chi connectivity index (χ0v) is 10.5. The summed E-state index contributed by atoms with van der Waals surface area (Å²) < 4.78 is 6.13. The molecule has 0 aliphatic carbocycles. The molecule has 1 aromatic carbocycles. The third-order valence-corrected chi connectivity index (χ3v) is 3.05. The zero-order chi connectivity index (χ0) is 11.3. The van der Waals surface area contributed by atoms with Crippen molar-refractivity contribution in [2.24, 2.45) is 0 Å². The highest BCUT2D eigenvalue weighted by atomic mass is 79.9. The fourth-order valence-corrected chi connectivity index (χ4v) is 2.00. The first-order valence-electron chi connectivity index (χ1n) is 4.89. The van der Waals surface area contributed by atoms with Gasteiger partial charge in [-0.1, -0.05) is 13.0 Å². The van der Waals surface area contributed by atoms with Gasteiger partial charge in [-0.25, -0.2) is 0 Å². The van der Waals surface area contributed by atoms with Gasteiger partial charge in [0.25, 0.3) is 0 Å². The lowest BCUT2D eigenvalue weighted by atomic mass is 9.96. The van der Waals surface area contributed by atoms with Crippen molar-refractivity contribution in [1.82, 2.24) is 0 Å². The number of methoxy groups -OCH3 is 1. The Kier molecular flexibility index (Phi) is 4.64. The van der Waals surface area contributed by atoms with E-state index < -0.39 is 0 Å². The highest BCUT2D eigenvalue weighted by molar-refractivity contribution is 9.10. The Morgan fingerprint density at radius 2 is 2.27 bits per heavy atom. The van der Waals surface area contributed by atoms with Crippen molar-refractivity contribution in [2.75, 3.05) is 7.11 Å². The minimum atomic E-state index is 0.409. The summed E-state index contributed by atoms with van der Waals surface area (Å²) in [4.78, 5) is 0. The number of rotatable bonds is 4. The molecule has 0 aromatic heterocycles. The maximum absolute atomic E-state index is 8.52. The van der Waals surface area contributed by atoms with E-state index in [9.17, 15) is 0 Å². The molecule has 15 heavy (non-hydrogen) atoms. The smallest absolute Gasteiger partial charge is 0.133 e. The van der Waals surface area contributed by atoms with E-state index in [1.807, 2.05) is 12.1 Å². The molecule has 1 unspecified atom stereocenters. The van der Waals surface area contributed by atoms with Crippen LogP contribution in [0.5, 0.6) is 5.75 Å². The Bertz CT molecular complexity index is 370. The number of hydrogen-bond acceptors (Lipinski definition) is 2. The van der Waals surface area contributed by atoms with E-state index in [0.717, 1.165) is 16.6 Å². The maximum Gasteiger partial charge on any atom is 0.133 e. The van der Waals surface area contributed by atoms with Crippen LogP contribution in [0.15, 0.2) is 22.7 Å². The van der Waals surface area contributed by atoms with E-state index in [2.05, 4.69) is 35.0 Å². The Morgan fingerprint density at radius 3 is 2.80 bits per heavy atom. The van der Waals surface area contributed by atoms with Crippen LogP contribution in [0.1, 0.15) is 31.2 Å². The Labute approximate surface area is 99.0 Å². The first-order chi connectivity index (χ1) is 7.19. The fourth-order valence-electron chi connectivity index (χ4n) is 1.44. The number of hydrogen-bond donors (Lipinski definition) is 0. The minimum absolute atomic E-state index is 0.409. The molecule has 0 bridgehead atoms. The molecule has 0 saturated heterocycles. The fraction of sp³-hybridized carbons (Fsp3) is 0.417. The van der Waals surface area contributed by atoms with Gasteiger partial charge in [-0.05, 0) is 46.0 Å². The molecule has 2 nitrogen and oxygen atoms in total. The number of halogens is 1. The number of benzene rings is 1. The van der Waals surface area contributed by atoms with E-state index in [4.69, 9.17) is 10.00 Å². The van der Waals surface area contributed by atoms with Crippen molar-refractivity contribution in [3.8, 4) is 11.8 Å². The van der Waals surface area contributed by atoms with Crippen LogP contribution < -0.4 is 4.74 Å². The number of nitrogens with zero attached hydrogens (tertiary/aromatic N) is 1. The monoisotopic (exact) mass is 267 g/mol. The average Bonchev–Trinajstić information content (AvgIpc) is 2.25. The van der Waals surface area contributed by atoms with Crippen LogP contribution in [0.25, 0.3) is 0 Å². The Balaban J connectivity index is 2.79. The van der Waals surface area contributed by atoms with Crippen LogP contribution in [0.3, 0.4) is 0 Å². The van der Waals surface area contributed by atoms with Gasteiger partial charge in [0.05, 0.1) is 17.7 Å². The Hall–Kier alpha value is -1.01. The summed E-state index contributed by atoms with van der Waals surface area (Å²) in [7, 11) is 1.65. The predicted molar refractivity (Wildman–Crippen MR) is 64.0 cm³/mol. The highest BCUT2D eigenvalue weighted by Crippen LogP contribution is 2.30. The van der Waals surface area contributed by atoms with Crippen LogP contribution >= 0.6 is 15.9 Å². The molecule has 0 spiro atoms. The van der Waals surface area contributed by atoms with Gasteiger partial charge in [0.15, 0.2) is 0 Å². The summed E-state index contributed by atoms with van der Waals surface area (Å²) in [6, 6.07) is 8.22. The van der Waals surface area contributed by atoms with Crippen molar-refractivity contribution in [1.29, 1.82) is 5.26 Å². The molecule has 80 valence electrons. The van der Waals surface area contributed by atoms with Gasteiger partial charge in [0.2, 0.25) is 0 Å². The van der Waals surface area contributed by atoms with Gasteiger partial charge in [0.1, 0.15) is 5.75 Å². The molecule has 0 aliphatic rings. The van der Waals surface area contributed by atoms with Gasteiger partial charge < -0.3 is 4.74 Å². The van der Waals surface area contributed by atoms with Crippen LogP contribution in [-0.2, 0) is 0 Å². The average molecular weight is 268 g/mol. The van der Waals surface area contributed by atoms with Crippen molar-refractivity contribution in [2.45, 2.75) is 25.7 Å². The second-order valence-electron chi connectivity index (χ2n) is 3.49. The molecule has 0 N–H and O–H groups in total. The molecule has 0 amide bonds. The molecule has 0 fully saturated rings. The highest BCUT2D eigenvalue weighted by Gasteiger charge is 2.07. The lowest BCUT2D eigenvalue weighted by Gasteiger charge is -2.11. The summed E-state index contributed by atoms with van der Waals surface area (Å²) in [5.74, 6) is 1.25. The largest absolute Gasteiger partial charge is 0.496 e. The van der Waals surface area contributed by atoms with E-state index >= 15 is 0 Å². The van der Waals surface area contributed by atoms with Crippen molar-refractivity contribution < 1.29 is 4.74 Å². The second-order valence-corrected chi connectivity index (χ2v) is 4.35. The van der Waals surface area contributed by atoms with E-state index in [0.29, 0.717) is 12.3 Å². The molecular weight excluding hydrogens is 254 g/mol. The van der Waals surface area contributed by atoms with Gasteiger partial charge in [-0.3, -0.25) is 0 Å². The van der Waals surface area contributed by atoms with Crippen LogP contribution in [0.4, 0.5) is 0 Å². The van der Waals surface area contributed by atoms with Gasteiger partial charge >= 0.3 is 0 Å². The van der Waals surface area contributed by atoms with E-state index in [-0.39, 0.29) is 0 Å². The third kappa shape index (κ3) is 3.24. The third-order valence-electron chi connectivity index (χ3n) is 2.43.